The zero-order chi connectivity index (χ0) is 13.5. The third-order valence-electron chi connectivity index (χ3n) is 2.35. The van der Waals surface area contributed by atoms with Crippen LogP contribution in [0.15, 0.2) is 18.2 Å². The van der Waals surface area contributed by atoms with Gasteiger partial charge < -0.3 is 20.1 Å². The van der Waals surface area contributed by atoms with E-state index in [-0.39, 0.29) is 12.1 Å². The molecule has 1 aromatic carbocycles. The molecule has 0 fully saturated rings. The monoisotopic (exact) mass is 252 g/mol. The van der Waals surface area contributed by atoms with Crippen LogP contribution in [-0.4, -0.2) is 26.3 Å². The number of carbonyl (C=O) groups excluding carboxylic acids is 1. The summed E-state index contributed by atoms with van der Waals surface area (Å²) in [5, 5.41) is 5.53. The summed E-state index contributed by atoms with van der Waals surface area (Å²) in [6.07, 6.45) is 0. The number of rotatable bonds is 5. The first-order valence-corrected chi connectivity index (χ1v) is 5.82. The number of methoxy groups -OCH3 is 2. The molecule has 0 radical (unpaired) electrons. The smallest absolute Gasteiger partial charge is 0.315 e. The number of benzene rings is 1. The minimum absolute atomic E-state index is 0.109. The van der Waals surface area contributed by atoms with E-state index in [0.29, 0.717) is 6.54 Å². The van der Waals surface area contributed by atoms with Gasteiger partial charge in [0.15, 0.2) is 0 Å². The molecule has 0 aliphatic carbocycles. The van der Waals surface area contributed by atoms with Crippen molar-refractivity contribution in [2.45, 2.75) is 26.4 Å². The second-order valence-electron chi connectivity index (χ2n) is 4.16. The lowest BCUT2D eigenvalue weighted by molar-refractivity contribution is 0.238. The van der Waals surface area contributed by atoms with Crippen LogP contribution in [0.25, 0.3) is 0 Å². The summed E-state index contributed by atoms with van der Waals surface area (Å²) < 4.78 is 10.4. The Labute approximate surface area is 107 Å². The Hall–Kier alpha value is -1.91. The van der Waals surface area contributed by atoms with E-state index in [4.69, 9.17) is 9.47 Å². The molecule has 1 aromatic rings. The second kappa shape index (κ2) is 6.74. The van der Waals surface area contributed by atoms with Gasteiger partial charge in [-0.1, -0.05) is 0 Å². The van der Waals surface area contributed by atoms with Gasteiger partial charge in [0.25, 0.3) is 0 Å². The van der Waals surface area contributed by atoms with Crippen molar-refractivity contribution in [3.63, 3.8) is 0 Å². The SMILES string of the molecule is COc1ccc(OC)c(CNC(=O)NC(C)C)c1. The molecule has 18 heavy (non-hydrogen) atoms. The van der Waals surface area contributed by atoms with Crippen LogP contribution in [0.2, 0.25) is 0 Å². The van der Waals surface area contributed by atoms with Crippen molar-refractivity contribution >= 4 is 6.03 Å². The number of amides is 2. The molecule has 5 nitrogen and oxygen atoms in total. The zero-order valence-electron chi connectivity index (χ0n) is 11.2. The van der Waals surface area contributed by atoms with Gasteiger partial charge >= 0.3 is 6.03 Å². The Kier molecular flexibility index (Phi) is 5.30. The summed E-state index contributed by atoms with van der Waals surface area (Å²) in [5.74, 6) is 1.46. The highest BCUT2D eigenvalue weighted by Gasteiger charge is 2.07. The summed E-state index contributed by atoms with van der Waals surface area (Å²) in [7, 11) is 3.20. The quantitative estimate of drug-likeness (QED) is 0.841. The maximum absolute atomic E-state index is 11.5. The van der Waals surface area contributed by atoms with E-state index < -0.39 is 0 Å². The molecule has 0 saturated heterocycles. The van der Waals surface area contributed by atoms with Crippen molar-refractivity contribution in [2.75, 3.05) is 14.2 Å². The van der Waals surface area contributed by atoms with Crippen molar-refractivity contribution in [1.29, 1.82) is 0 Å². The largest absolute Gasteiger partial charge is 0.497 e. The van der Waals surface area contributed by atoms with E-state index in [9.17, 15) is 4.79 Å². The Morgan fingerprint density at radius 1 is 1.28 bits per heavy atom. The second-order valence-corrected chi connectivity index (χ2v) is 4.16. The number of ether oxygens (including phenoxy) is 2. The lowest BCUT2D eigenvalue weighted by Gasteiger charge is -2.13. The molecule has 0 aliphatic rings. The molecule has 0 aliphatic heterocycles. The van der Waals surface area contributed by atoms with Gasteiger partial charge in [0, 0.05) is 18.2 Å². The molecule has 0 aromatic heterocycles. The fraction of sp³-hybridized carbons (Fsp3) is 0.462. The summed E-state index contributed by atoms with van der Waals surface area (Å²) in [4.78, 5) is 11.5. The summed E-state index contributed by atoms with van der Waals surface area (Å²) in [6, 6.07) is 5.38. The maximum Gasteiger partial charge on any atom is 0.315 e. The topological polar surface area (TPSA) is 59.6 Å². The Balaban J connectivity index is 2.67. The molecule has 0 saturated carbocycles. The van der Waals surface area contributed by atoms with Gasteiger partial charge in [0.2, 0.25) is 0 Å². The summed E-state index contributed by atoms with van der Waals surface area (Å²) in [6.45, 7) is 4.20. The van der Waals surface area contributed by atoms with Crippen molar-refractivity contribution in [3.05, 3.63) is 23.8 Å². The average molecular weight is 252 g/mol. The van der Waals surface area contributed by atoms with Crippen LogP contribution in [0.1, 0.15) is 19.4 Å². The van der Waals surface area contributed by atoms with Crippen LogP contribution in [-0.2, 0) is 6.54 Å². The van der Waals surface area contributed by atoms with Crippen LogP contribution < -0.4 is 20.1 Å². The van der Waals surface area contributed by atoms with Crippen molar-refractivity contribution in [2.24, 2.45) is 0 Å². The number of hydrogen-bond acceptors (Lipinski definition) is 3. The van der Waals surface area contributed by atoms with Gasteiger partial charge in [0.05, 0.1) is 14.2 Å². The molecule has 0 atom stereocenters. The van der Waals surface area contributed by atoms with E-state index >= 15 is 0 Å². The summed E-state index contributed by atoms with van der Waals surface area (Å²) in [5.41, 5.74) is 0.871. The van der Waals surface area contributed by atoms with Crippen LogP contribution >= 0.6 is 0 Å². The fourth-order valence-electron chi connectivity index (χ4n) is 1.51. The highest BCUT2D eigenvalue weighted by atomic mass is 16.5. The van der Waals surface area contributed by atoms with Crippen LogP contribution in [0, 0.1) is 0 Å². The predicted molar refractivity (Wildman–Crippen MR) is 70.1 cm³/mol. The van der Waals surface area contributed by atoms with E-state index in [1.54, 1.807) is 14.2 Å². The van der Waals surface area contributed by atoms with Gasteiger partial charge in [-0.15, -0.1) is 0 Å². The molecule has 0 bridgehead atoms. The number of carbonyl (C=O) groups is 1. The standard InChI is InChI=1S/C13H20N2O3/c1-9(2)15-13(16)14-8-10-7-11(17-3)5-6-12(10)18-4/h5-7,9H,8H2,1-4H3,(H2,14,15,16). The molecular formula is C13H20N2O3. The first kappa shape index (κ1) is 14.2. The lowest BCUT2D eigenvalue weighted by Crippen LogP contribution is -2.39. The van der Waals surface area contributed by atoms with Crippen LogP contribution in [0.3, 0.4) is 0 Å². The van der Waals surface area contributed by atoms with Gasteiger partial charge in [-0.3, -0.25) is 0 Å². The van der Waals surface area contributed by atoms with Crippen molar-refractivity contribution in [1.82, 2.24) is 10.6 Å². The molecule has 2 N–H and O–H groups in total. The molecular weight excluding hydrogens is 232 g/mol. The van der Waals surface area contributed by atoms with E-state index in [2.05, 4.69) is 10.6 Å². The van der Waals surface area contributed by atoms with E-state index in [1.165, 1.54) is 0 Å². The first-order chi connectivity index (χ1) is 8.56. The van der Waals surface area contributed by atoms with Gasteiger partial charge in [-0.2, -0.15) is 0 Å². The minimum atomic E-state index is -0.199. The molecule has 100 valence electrons. The Morgan fingerprint density at radius 3 is 2.56 bits per heavy atom. The van der Waals surface area contributed by atoms with Crippen LogP contribution in [0.4, 0.5) is 4.79 Å². The third-order valence-corrected chi connectivity index (χ3v) is 2.35. The molecule has 0 spiro atoms. The van der Waals surface area contributed by atoms with Gasteiger partial charge in [-0.05, 0) is 32.0 Å². The van der Waals surface area contributed by atoms with Crippen molar-refractivity contribution in [3.8, 4) is 11.5 Å². The molecule has 0 unspecified atom stereocenters. The maximum atomic E-state index is 11.5. The van der Waals surface area contributed by atoms with Gasteiger partial charge in [-0.25, -0.2) is 4.79 Å². The molecule has 2 amide bonds. The minimum Gasteiger partial charge on any atom is -0.497 e. The average Bonchev–Trinajstić information content (AvgIpc) is 2.35. The number of nitrogens with one attached hydrogen (secondary N) is 2. The zero-order valence-corrected chi connectivity index (χ0v) is 11.2. The number of urea groups is 1. The molecule has 1 rings (SSSR count). The highest BCUT2D eigenvalue weighted by Crippen LogP contribution is 2.23. The third kappa shape index (κ3) is 4.16. The normalized spacial score (nSPS) is 10.1. The lowest BCUT2D eigenvalue weighted by atomic mass is 10.2. The van der Waals surface area contributed by atoms with Crippen molar-refractivity contribution < 1.29 is 14.3 Å². The van der Waals surface area contributed by atoms with E-state index in [1.807, 2.05) is 32.0 Å². The first-order valence-electron chi connectivity index (χ1n) is 5.82. The van der Waals surface area contributed by atoms with Gasteiger partial charge in [0.1, 0.15) is 11.5 Å². The molecule has 0 heterocycles. The highest BCUT2D eigenvalue weighted by molar-refractivity contribution is 5.74. The Bertz CT molecular complexity index is 405. The molecule has 5 heteroatoms. The predicted octanol–water partition coefficient (Wildman–Crippen LogP) is 1.91. The number of hydrogen-bond donors (Lipinski definition) is 2. The van der Waals surface area contributed by atoms with Crippen LogP contribution in [0.5, 0.6) is 11.5 Å². The Morgan fingerprint density at radius 2 is 2.00 bits per heavy atom. The fourth-order valence-corrected chi connectivity index (χ4v) is 1.51. The summed E-state index contributed by atoms with van der Waals surface area (Å²) >= 11 is 0. The van der Waals surface area contributed by atoms with E-state index in [0.717, 1.165) is 17.1 Å².